The quantitative estimate of drug-likeness (QED) is 0.889. The Labute approximate surface area is 111 Å². The number of rotatable bonds is 2. The minimum absolute atomic E-state index is 0.00329. The Bertz CT molecular complexity index is 581. The van der Waals surface area contributed by atoms with Crippen LogP contribution in [0.4, 0.5) is 5.13 Å². The van der Waals surface area contributed by atoms with E-state index in [0.717, 1.165) is 15.8 Å². The van der Waals surface area contributed by atoms with Gasteiger partial charge in [-0.2, -0.15) is 0 Å². The van der Waals surface area contributed by atoms with E-state index in [1.54, 1.807) is 0 Å². The Balaban J connectivity index is 2.18. The molecule has 0 saturated carbocycles. The summed E-state index contributed by atoms with van der Waals surface area (Å²) < 4.78 is 1.11. The number of nitrogens with one attached hydrogen (secondary N) is 1. The summed E-state index contributed by atoms with van der Waals surface area (Å²) in [7, 11) is 0. The zero-order valence-electron chi connectivity index (χ0n) is 11.2. The monoisotopic (exact) mass is 262 g/mol. The summed E-state index contributed by atoms with van der Waals surface area (Å²) in [5, 5.41) is 3.57. The number of para-hydroxylation sites is 1. The van der Waals surface area contributed by atoms with Crippen molar-refractivity contribution in [2.45, 2.75) is 34.1 Å². The minimum Gasteiger partial charge on any atom is -0.302 e. The van der Waals surface area contributed by atoms with E-state index in [1.807, 2.05) is 25.1 Å². The molecule has 0 fully saturated rings. The van der Waals surface area contributed by atoms with E-state index < -0.39 is 0 Å². The van der Waals surface area contributed by atoms with Gasteiger partial charge in [0, 0.05) is 6.42 Å². The number of anilines is 1. The number of carbonyl (C=O) groups excluding carboxylic acids is 1. The Kier molecular flexibility index (Phi) is 3.39. The van der Waals surface area contributed by atoms with Crippen molar-refractivity contribution in [2.24, 2.45) is 5.41 Å². The third-order valence-electron chi connectivity index (χ3n) is 2.56. The molecule has 1 amide bonds. The van der Waals surface area contributed by atoms with Gasteiger partial charge in [-0.05, 0) is 24.0 Å². The van der Waals surface area contributed by atoms with Crippen LogP contribution >= 0.6 is 11.3 Å². The molecular weight excluding hydrogens is 244 g/mol. The van der Waals surface area contributed by atoms with Crippen LogP contribution in [0, 0.1) is 12.3 Å². The van der Waals surface area contributed by atoms with E-state index in [4.69, 9.17) is 0 Å². The van der Waals surface area contributed by atoms with Crippen molar-refractivity contribution in [3.8, 4) is 0 Å². The number of fused-ring (bicyclic) bond motifs is 1. The number of hydrogen-bond donors (Lipinski definition) is 1. The predicted octanol–water partition coefficient (Wildman–Crippen LogP) is 3.98. The highest BCUT2D eigenvalue weighted by molar-refractivity contribution is 7.22. The van der Waals surface area contributed by atoms with Gasteiger partial charge in [0.2, 0.25) is 5.91 Å². The third kappa shape index (κ3) is 3.07. The van der Waals surface area contributed by atoms with Gasteiger partial charge in [-0.25, -0.2) is 4.98 Å². The Morgan fingerprint density at radius 1 is 1.39 bits per heavy atom. The van der Waals surface area contributed by atoms with Crippen molar-refractivity contribution in [3.05, 3.63) is 23.8 Å². The SMILES string of the molecule is Cc1cccc2sc(NC(=O)CC(C)(C)C)nc12. The number of aromatic nitrogens is 1. The van der Waals surface area contributed by atoms with Crippen LogP contribution in [-0.2, 0) is 4.79 Å². The molecule has 2 aromatic rings. The summed E-state index contributed by atoms with van der Waals surface area (Å²) >= 11 is 1.52. The highest BCUT2D eigenvalue weighted by Gasteiger charge is 2.17. The number of amides is 1. The van der Waals surface area contributed by atoms with Gasteiger partial charge in [0.1, 0.15) is 0 Å². The van der Waals surface area contributed by atoms with Crippen LogP contribution in [0.1, 0.15) is 32.8 Å². The summed E-state index contributed by atoms with van der Waals surface area (Å²) in [5.74, 6) is 0.0270. The number of aryl methyl sites for hydroxylation is 1. The summed E-state index contributed by atoms with van der Waals surface area (Å²) in [5.41, 5.74) is 2.12. The number of carbonyl (C=O) groups is 1. The number of hydrogen-bond acceptors (Lipinski definition) is 3. The fourth-order valence-electron chi connectivity index (χ4n) is 1.78. The van der Waals surface area contributed by atoms with E-state index in [9.17, 15) is 4.79 Å². The van der Waals surface area contributed by atoms with E-state index in [2.05, 4.69) is 31.1 Å². The smallest absolute Gasteiger partial charge is 0.226 e. The highest BCUT2D eigenvalue weighted by Crippen LogP contribution is 2.28. The largest absolute Gasteiger partial charge is 0.302 e. The molecule has 1 aromatic carbocycles. The van der Waals surface area contributed by atoms with Crippen molar-refractivity contribution in [3.63, 3.8) is 0 Å². The fraction of sp³-hybridized carbons (Fsp3) is 0.429. The molecule has 96 valence electrons. The molecule has 18 heavy (non-hydrogen) atoms. The maximum Gasteiger partial charge on any atom is 0.226 e. The molecule has 0 bridgehead atoms. The molecule has 1 N–H and O–H groups in total. The number of benzene rings is 1. The third-order valence-corrected chi connectivity index (χ3v) is 3.49. The highest BCUT2D eigenvalue weighted by atomic mass is 32.1. The summed E-state index contributed by atoms with van der Waals surface area (Å²) in [6.07, 6.45) is 0.502. The van der Waals surface area contributed by atoms with Crippen LogP contribution in [0.3, 0.4) is 0 Å². The van der Waals surface area contributed by atoms with Crippen molar-refractivity contribution in [1.29, 1.82) is 0 Å². The molecule has 0 radical (unpaired) electrons. The lowest BCUT2D eigenvalue weighted by Crippen LogP contribution is -2.19. The zero-order chi connectivity index (χ0) is 13.3. The first-order valence-corrected chi connectivity index (χ1v) is 6.83. The van der Waals surface area contributed by atoms with Crippen molar-refractivity contribution in [2.75, 3.05) is 5.32 Å². The standard InChI is InChI=1S/C14H18N2OS/c1-9-6-5-7-10-12(9)16-13(18-10)15-11(17)8-14(2,3)4/h5-7H,8H2,1-4H3,(H,15,16,17). The van der Waals surface area contributed by atoms with E-state index in [-0.39, 0.29) is 11.3 Å². The van der Waals surface area contributed by atoms with Crippen LogP contribution in [0.5, 0.6) is 0 Å². The Morgan fingerprint density at radius 2 is 2.11 bits per heavy atom. The topological polar surface area (TPSA) is 42.0 Å². The van der Waals surface area contributed by atoms with Gasteiger partial charge in [0.25, 0.3) is 0 Å². The van der Waals surface area contributed by atoms with Crippen molar-refractivity contribution >= 4 is 32.6 Å². The summed E-state index contributed by atoms with van der Waals surface area (Å²) in [6.45, 7) is 8.18. The average Bonchev–Trinajstić information content (AvgIpc) is 2.58. The molecule has 0 aliphatic rings. The zero-order valence-corrected chi connectivity index (χ0v) is 12.0. The van der Waals surface area contributed by atoms with Gasteiger partial charge >= 0.3 is 0 Å². The summed E-state index contributed by atoms with van der Waals surface area (Å²) in [6, 6.07) is 6.07. The first-order chi connectivity index (χ1) is 8.35. The van der Waals surface area contributed by atoms with Gasteiger partial charge in [-0.3, -0.25) is 4.79 Å². The molecule has 3 nitrogen and oxygen atoms in total. The Hall–Kier alpha value is -1.42. The van der Waals surface area contributed by atoms with Crippen molar-refractivity contribution < 1.29 is 4.79 Å². The second kappa shape index (κ2) is 4.69. The van der Waals surface area contributed by atoms with E-state index in [1.165, 1.54) is 11.3 Å². The number of nitrogens with zero attached hydrogens (tertiary/aromatic N) is 1. The van der Waals surface area contributed by atoms with Crippen LogP contribution in [0.25, 0.3) is 10.2 Å². The molecular formula is C14H18N2OS. The van der Waals surface area contributed by atoms with Gasteiger partial charge in [-0.15, -0.1) is 0 Å². The van der Waals surface area contributed by atoms with Crippen LogP contribution < -0.4 is 5.32 Å². The maximum absolute atomic E-state index is 11.8. The van der Waals surface area contributed by atoms with Crippen LogP contribution in [-0.4, -0.2) is 10.9 Å². The first kappa shape index (κ1) is 13.0. The van der Waals surface area contributed by atoms with E-state index in [0.29, 0.717) is 11.6 Å². The molecule has 0 aliphatic carbocycles. The molecule has 1 heterocycles. The van der Waals surface area contributed by atoms with Gasteiger partial charge < -0.3 is 5.32 Å². The average molecular weight is 262 g/mol. The molecule has 4 heteroatoms. The lowest BCUT2D eigenvalue weighted by atomic mass is 9.92. The maximum atomic E-state index is 11.8. The normalized spacial score (nSPS) is 11.8. The predicted molar refractivity (Wildman–Crippen MR) is 77.1 cm³/mol. The first-order valence-electron chi connectivity index (χ1n) is 6.01. The van der Waals surface area contributed by atoms with E-state index >= 15 is 0 Å². The summed E-state index contributed by atoms with van der Waals surface area (Å²) in [4.78, 5) is 16.3. The second-order valence-corrected chi connectivity index (χ2v) is 6.76. The van der Waals surface area contributed by atoms with Gasteiger partial charge in [0.15, 0.2) is 5.13 Å². The van der Waals surface area contributed by atoms with Crippen molar-refractivity contribution in [1.82, 2.24) is 4.98 Å². The molecule has 1 aromatic heterocycles. The number of thiazole rings is 1. The van der Waals surface area contributed by atoms with Crippen LogP contribution in [0.2, 0.25) is 0 Å². The van der Waals surface area contributed by atoms with Crippen LogP contribution in [0.15, 0.2) is 18.2 Å². The van der Waals surface area contributed by atoms with Gasteiger partial charge in [-0.1, -0.05) is 44.2 Å². The molecule has 0 saturated heterocycles. The fourth-order valence-corrected chi connectivity index (χ4v) is 2.74. The second-order valence-electron chi connectivity index (χ2n) is 5.73. The lowest BCUT2D eigenvalue weighted by molar-refractivity contribution is -0.117. The molecule has 0 aliphatic heterocycles. The molecule has 0 atom stereocenters. The lowest BCUT2D eigenvalue weighted by Gasteiger charge is -2.16. The molecule has 2 rings (SSSR count). The molecule has 0 spiro atoms. The molecule has 0 unspecified atom stereocenters. The Morgan fingerprint density at radius 3 is 2.72 bits per heavy atom. The van der Waals surface area contributed by atoms with Gasteiger partial charge in [0.05, 0.1) is 10.2 Å². The minimum atomic E-state index is -0.00329.